The lowest BCUT2D eigenvalue weighted by molar-refractivity contribution is 0.868. The van der Waals surface area contributed by atoms with Crippen molar-refractivity contribution in [1.82, 2.24) is 9.55 Å². The summed E-state index contributed by atoms with van der Waals surface area (Å²) in [6.45, 7) is 0.401. The van der Waals surface area contributed by atoms with Crippen LogP contribution in [0.1, 0.15) is 5.82 Å². The van der Waals surface area contributed by atoms with Crippen molar-refractivity contribution in [3.05, 3.63) is 47.5 Å². The van der Waals surface area contributed by atoms with Crippen LogP contribution in [0.15, 0.2) is 36.7 Å². The first-order valence-electron chi connectivity index (χ1n) is 4.30. The fourth-order valence-electron chi connectivity index (χ4n) is 1.35. The molecule has 2 N–H and O–H groups in total. The molecule has 0 spiro atoms. The van der Waals surface area contributed by atoms with Crippen LogP contribution < -0.4 is 5.73 Å². The first-order valence-corrected chi connectivity index (χ1v) is 4.68. The van der Waals surface area contributed by atoms with Gasteiger partial charge in [0.05, 0.1) is 17.3 Å². The summed E-state index contributed by atoms with van der Waals surface area (Å²) in [6.07, 6.45) is 3.56. The molecular weight excluding hydrogens is 198 g/mol. The van der Waals surface area contributed by atoms with E-state index in [0.29, 0.717) is 11.6 Å². The van der Waals surface area contributed by atoms with Crippen molar-refractivity contribution in [3.63, 3.8) is 0 Å². The van der Waals surface area contributed by atoms with Crippen molar-refractivity contribution in [2.24, 2.45) is 5.73 Å². The Morgan fingerprint density at radius 3 is 2.86 bits per heavy atom. The normalized spacial score (nSPS) is 10.4. The molecule has 14 heavy (non-hydrogen) atoms. The quantitative estimate of drug-likeness (QED) is 0.819. The van der Waals surface area contributed by atoms with Crippen LogP contribution in [-0.4, -0.2) is 9.55 Å². The molecule has 3 nitrogen and oxygen atoms in total. The van der Waals surface area contributed by atoms with Crippen LogP contribution in [0.4, 0.5) is 0 Å². The van der Waals surface area contributed by atoms with Crippen LogP contribution in [0.2, 0.25) is 5.02 Å². The average molecular weight is 208 g/mol. The van der Waals surface area contributed by atoms with Crippen molar-refractivity contribution in [2.45, 2.75) is 6.54 Å². The van der Waals surface area contributed by atoms with Crippen LogP contribution in [0.5, 0.6) is 0 Å². The second-order valence-electron chi connectivity index (χ2n) is 2.87. The van der Waals surface area contributed by atoms with Gasteiger partial charge in [0, 0.05) is 12.4 Å². The lowest BCUT2D eigenvalue weighted by Crippen LogP contribution is -2.06. The highest BCUT2D eigenvalue weighted by molar-refractivity contribution is 6.32. The Morgan fingerprint density at radius 2 is 2.14 bits per heavy atom. The van der Waals surface area contributed by atoms with Crippen LogP contribution in [0, 0.1) is 0 Å². The molecule has 0 radical (unpaired) electrons. The minimum absolute atomic E-state index is 0.401. The van der Waals surface area contributed by atoms with Crippen molar-refractivity contribution >= 4 is 11.6 Å². The highest BCUT2D eigenvalue weighted by atomic mass is 35.5. The first-order chi connectivity index (χ1) is 6.83. The summed E-state index contributed by atoms with van der Waals surface area (Å²) in [7, 11) is 0. The van der Waals surface area contributed by atoms with Gasteiger partial charge in [0.25, 0.3) is 0 Å². The molecule has 0 amide bonds. The Hall–Kier alpha value is -1.32. The van der Waals surface area contributed by atoms with Gasteiger partial charge in [-0.25, -0.2) is 4.98 Å². The molecule has 1 aromatic heterocycles. The van der Waals surface area contributed by atoms with Gasteiger partial charge in [-0.1, -0.05) is 23.7 Å². The molecular formula is C10H10ClN3. The van der Waals surface area contributed by atoms with Crippen molar-refractivity contribution in [2.75, 3.05) is 0 Å². The predicted molar refractivity (Wildman–Crippen MR) is 56.5 cm³/mol. The van der Waals surface area contributed by atoms with Crippen LogP contribution in [-0.2, 0) is 6.54 Å². The standard InChI is InChI=1S/C10H10ClN3/c11-8-3-1-2-4-9(8)14-6-5-13-10(14)7-12/h1-6H,7,12H2. The highest BCUT2D eigenvalue weighted by Gasteiger charge is 2.05. The van der Waals surface area contributed by atoms with E-state index in [-0.39, 0.29) is 0 Å². The number of imidazole rings is 1. The Morgan fingerprint density at radius 1 is 1.36 bits per heavy atom. The predicted octanol–water partition coefficient (Wildman–Crippen LogP) is 1.98. The molecule has 0 saturated heterocycles. The highest BCUT2D eigenvalue weighted by Crippen LogP contribution is 2.20. The van der Waals surface area contributed by atoms with E-state index in [9.17, 15) is 0 Å². The summed E-state index contributed by atoms with van der Waals surface area (Å²) in [5.41, 5.74) is 6.47. The maximum Gasteiger partial charge on any atom is 0.127 e. The Kier molecular flexibility index (Phi) is 2.52. The third-order valence-corrected chi connectivity index (χ3v) is 2.33. The molecule has 0 atom stereocenters. The van der Waals surface area contributed by atoms with Gasteiger partial charge < -0.3 is 10.3 Å². The van der Waals surface area contributed by atoms with Crippen LogP contribution >= 0.6 is 11.6 Å². The van der Waals surface area contributed by atoms with Gasteiger partial charge in [0.1, 0.15) is 5.82 Å². The minimum Gasteiger partial charge on any atom is -0.324 e. The molecule has 4 heteroatoms. The van der Waals surface area contributed by atoms with Crippen LogP contribution in [0.25, 0.3) is 5.69 Å². The lowest BCUT2D eigenvalue weighted by atomic mass is 10.3. The summed E-state index contributed by atoms with van der Waals surface area (Å²) in [6, 6.07) is 7.60. The summed E-state index contributed by atoms with van der Waals surface area (Å²) in [5.74, 6) is 0.804. The molecule has 0 aliphatic rings. The molecule has 0 unspecified atom stereocenters. The summed E-state index contributed by atoms with van der Waals surface area (Å²) in [4.78, 5) is 4.13. The van der Waals surface area contributed by atoms with Gasteiger partial charge in [0.15, 0.2) is 0 Å². The van der Waals surface area contributed by atoms with E-state index in [1.807, 2.05) is 35.0 Å². The molecule has 0 aliphatic carbocycles. The Bertz CT molecular complexity index is 436. The third kappa shape index (κ3) is 1.52. The number of benzene rings is 1. The SMILES string of the molecule is NCc1nccn1-c1ccccc1Cl. The first kappa shape index (κ1) is 9.24. The summed E-state index contributed by atoms with van der Waals surface area (Å²) in [5, 5.41) is 0.695. The smallest absolute Gasteiger partial charge is 0.127 e. The fraction of sp³-hybridized carbons (Fsp3) is 0.100. The number of para-hydroxylation sites is 1. The van der Waals surface area contributed by atoms with E-state index in [1.54, 1.807) is 6.20 Å². The topological polar surface area (TPSA) is 43.8 Å². The zero-order valence-corrected chi connectivity index (χ0v) is 8.28. The number of nitrogens with zero attached hydrogens (tertiary/aromatic N) is 2. The number of nitrogens with two attached hydrogens (primary N) is 1. The van der Waals surface area contributed by atoms with Crippen molar-refractivity contribution in [3.8, 4) is 5.69 Å². The van der Waals surface area contributed by atoms with Crippen molar-refractivity contribution < 1.29 is 0 Å². The van der Waals surface area contributed by atoms with Gasteiger partial charge in [0.2, 0.25) is 0 Å². The second-order valence-corrected chi connectivity index (χ2v) is 3.28. The maximum absolute atomic E-state index is 6.06. The van der Waals surface area contributed by atoms with Crippen LogP contribution in [0.3, 0.4) is 0 Å². The Balaban J connectivity index is 2.54. The van der Waals surface area contributed by atoms with E-state index in [2.05, 4.69) is 4.98 Å². The Labute approximate surface area is 87.1 Å². The van der Waals surface area contributed by atoms with Gasteiger partial charge in [-0.3, -0.25) is 0 Å². The minimum atomic E-state index is 0.401. The number of aromatic nitrogens is 2. The van der Waals surface area contributed by atoms with E-state index in [1.165, 1.54) is 0 Å². The fourth-order valence-corrected chi connectivity index (χ4v) is 1.58. The summed E-state index contributed by atoms with van der Waals surface area (Å²) < 4.78 is 1.89. The van der Waals surface area contributed by atoms with E-state index < -0.39 is 0 Å². The second kappa shape index (κ2) is 3.82. The lowest BCUT2D eigenvalue weighted by Gasteiger charge is -2.07. The van der Waals surface area contributed by atoms with Gasteiger partial charge >= 0.3 is 0 Å². The van der Waals surface area contributed by atoms with E-state index >= 15 is 0 Å². The molecule has 0 fully saturated rings. The largest absolute Gasteiger partial charge is 0.324 e. The van der Waals surface area contributed by atoms with E-state index in [0.717, 1.165) is 11.5 Å². The number of halogens is 1. The molecule has 2 aromatic rings. The molecule has 0 bridgehead atoms. The van der Waals surface area contributed by atoms with E-state index in [4.69, 9.17) is 17.3 Å². The molecule has 72 valence electrons. The average Bonchev–Trinajstić information content (AvgIpc) is 2.66. The molecule has 1 aromatic carbocycles. The zero-order valence-electron chi connectivity index (χ0n) is 7.52. The molecule has 0 saturated carbocycles. The maximum atomic E-state index is 6.06. The van der Waals surface area contributed by atoms with Gasteiger partial charge in [-0.2, -0.15) is 0 Å². The van der Waals surface area contributed by atoms with Crippen molar-refractivity contribution in [1.29, 1.82) is 0 Å². The number of hydrogen-bond donors (Lipinski definition) is 1. The monoisotopic (exact) mass is 207 g/mol. The molecule has 2 rings (SSSR count). The van der Waals surface area contributed by atoms with Gasteiger partial charge in [-0.15, -0.1) is 0 Å². The zero-order chi connectivity index (χ0) is 9.97. The van der Waals surface area contributed by atoms with Gasteiger partial charge in [-0.05, 0) is 12.1 Å². The molecule has 0 aliphatic heterocycles. The molecule has 1 heterocycles. The number of hydrogen-bond acceptors (Lipinski definition) is 2. The third-order valence-electron chi connectivity index (χ3n) is 2.01. The summed E-state index contributed by atoms with van der Waals surface area (Å²) >= 11 is 6.06. The number of rotatable bonds is 2.